The van der Waals surface area contributed by atoms with Gasteiger partial charge < -0.3 is 9.72 Å². The summed E-state index contributed by atoms with van der Waals surface area (Å²) < 4.78 is 6.46. The summed E-state index contributed by atoms with van der Waals surface area (Å²) in [5.41, 5.74) is 1.77. The zero-order valence-electron chi connectivity index (χ0n) is 9.81. The van der Waals surface area contributed by atoms with Crippen LogP contribution in [-0.4, -0.2) is 15.0 Å². The highest BCUT2D eigenvalue weighted by Crippen LogP contribution is 2.28. The van der Waals surface area contributed by atoms with Gasteiger partial charge in [0.1, 0.15) is 17.2 Å². The lowest BCUT2D eigenvalue weighted by Crippen LogP contribution is -1.91. The molecule has 0 fully saturated rings. The molecule has 0 atom stereocenters. The molecule has 7 heteroatoms. The Morgan fingerprint density at radius 3 is 2.95 bits per heavy atom. The highest BCUT2D eigenvalue weighted by molar-refractivity contribution is 7.16. The summed E-state index contributed by atoms with van der Waals surface area (Å²) in [5, 5.41) is 0.314. The van der Waals surface area contributed by atoms with Crippen LogP contribution >= 0.6 is 22.9 Å². The van der Waals surface area contributed by atoms with Crippen molar-refractivity contribution in [1.82, 2.24) is 15.0 Å². The Kier molecular flexibility index (Phi) is 2.96. The molecule has 3 aromatic rings. The Balaban J connectivity index is 2.03. The fourth-order valence-electron chi connectivity index (χ4n) is 1.74. The van der Waals surface area contributed by atoms with Crippen molar-refractivity contribution in [1.29, 1.82) is 0 Å². The maximum Gasteiger partial charge on any atom is 0.305 e. The molecule has 0 radical (unpaired) electrons. The molecule has 3 rings (SSSR count). The molecule has 2 aromatic heterocycles. The van der Waals surface area contributed by atoms with E-state index in [1.807, 2.05) is 13.0 Å². The molecule has 0 aliphatic carbocycles. The van der Waals surface area contributed by atoms with Gasteiger partial charge in [0.2, 0.25) is 5.88 Å². The summed E-state index contributed by atoms with van der Waals surface area (Å²) in [6, 6.07) is 5.16. The average Bonchev–Trinajstić information content (AvgIpc) is 2.70. The van der Waals surface area contributed by atoms with Gasteiger partial charge in [-0.1, -0.05) is 22.9 Å². The maximum atomic E-state index is 11.3. The zero-order chi connectivity index (χ0) is 13.4. The van der Waals surface area contributed by atoms with Crippen molar-refractivity contribution in [2.24, 2.45) is 0 Å². The minimum atomic E-state index is -0.0830. The van der Waals surface area contributed by atoms with Crippen LogP contribution in [0.25, 0.3) is 10.2 Å². The summed E-state index contributed by atoms with van der Waals surface area (Å²) in [4.78, 5) is 21.8. The smallest absolute Gasteiger partial charge is 0.305 e. The first-order valence-electron chi connectivity index (χ1n) is 5.41. The molecule has 0 aliphatic heterocycles. The van der Waals surface area contributed by atoms with Gasteiger partial charge >= 0.3 is 4.87 Å². The van der Waals surface area contributed by atoms with Crippen molar-refractivity contribution >= 4 is 33.2 Å². The largest absolute Gasteiger partial charge is 0.439 e. The van der Waals surface area contributed by atoms with Gasteiger partial charge in [-0.15, -0.1) is 0 Å². The number of benzene rings is 1. The molecular formula is C12H8ClN3O2S. The van der Waals surface area contributed by atoms with Crippen LogP contribution in [-0.2, 0) is 0 Å². The zero-order valence-corrected chi connectivity index (χ0v) is 11.4. The highest BCUT2D eigenvalue weighted by Gasteiger charge is 2.07. The number of hydrogen-bond acceptors (Lipinski definition) is 5. The van der Waals surface area contributed by atoms with E-state index in [9.17, 15) is 4.79 Å². The normalized spacial score (nSPS) is 10.8. The Bertz CT molecular complexity index is 812. The predicted octanol–water partition coefficient (Wildman–Crippen LogP) is 3.13. The van der Waals surface area contributed by atoms with Crippen molar-refractivity contribution in [2.75, 3.05) is 0 Å². The van der Waals surface area contributed by atoms with E-state index in [0.29, 0.717) is 16.8 Å². The van der Waals surface area contributed by atoms with Gasteiger partial charge in [-0.2, -0.15) is 0 Å². The van der Waals surface area contributed by atoms with E-state index in [1.165, 1.54) is 12.4 Å². The molecule has 1 N–H and O–H groups in total. The van der Waals surface area contributed by atoms with E-state index in [1.54, 1.807) is 6.07 Å². The molecule has 0 aliphatic rings. The molecule has 0 saturated heterocycles. The standard InChI is InChI=1S/C12H8ClN3O2S/c1-6-2-7(3-8-11(6)16-12(17)19-8)18-10-4-9(13)14-5-15-10/h2-5H,1H3,(H,16,17). The van der Waals surface area contributed by atoms with Crippen LogP contribution < -0.4 is 9.61 Å². The van der Waals surface area contributed by atoms with Crippen molar-refractivity contribution < 1.29 is 4.74 Å². The van der Waals surface area contributed by atoms with Gasteiger partial charge in [0, 0.05) is 12.1 Å². The number of thiazole rings is 1. The number of rotatable bonds is 2. The number of ether oxygens (including phenoxy) is 1. The minimum Gasteiger partial charge on any atom is -0.439 e. The summed E-state index contributed by atoms with van der Waals surface area (Å²) in [5.74, 6) is 0.969. The fraction of sp³-hybridized carbons (Fsp3) is 0.0833. The number of halogens is 1. The molecule has 5 nitrogen and oxygen atoms in total. The van der Waals surface area contributed by atoms with E-state index < -0.39 is 0 Å². The topological polar surface area (TPSA) is 67.9 Å². The van der Waals surface area contributed by atoms with E-state index in [2.05, 4.69) is 15.0 Å². The fourth-order valence-corrected chi connectivity index (χ4v) is 2.72. The third-order valence-corrected chi connectivity index (χ3v) is 3.57. The van der Waals surface area contributed by atoms with Gasteiger partial charge in [0.05, 0.1) is 10.2 Å². The van der Waals surface area contributed by atoms with Crippen molar-refractivity contribution in [2.45, 2.75) is 6.92 Å². The molecule has 0 amide bonds. The number of aromatic amines is 1. The predicted molar refractivity (Wildman–Crippen MR) is 74.3 cm³/mol. The molecule has 0 spiro atoms. The SMILES string of the molecule is Cc1cc(Oc2cc(Cl)ncn2)cc2sc(=O)[nH]c12. The van der Waals surface area contributed by atoms with Crippen LogP contribution in [0.1, 0.15) is 5.56 Å². The monoisotopic (exact) mass is 293 g/mol. The van der Waals surface area contributed by atoms with Gasteiger partial charge in [-0.25, -0.2) is 9.97 Å². The van der Waals surface area contributed by atoms with Gasteiger partial charge in [0.25, 0.3) is 0 Å². The molecule has 96 valence electrons. The van der Waals surface area contributed by atoms with E-state index in [-0.39, 0.29) is 4.87 Å². The third-order valence-electron chi connectivity index (χ3n) is 2.53. The summed E-state index contributed by atoms with van der Waals surface area (Å²) in [6.45, 7) is 1.91. The van der Waals surface area contributed by atoms with Crippen LogP contribution in [0.4, 0.5) is 0 Å². The third kappa shape index (κ3) is 2.45. The molecule has 19 heavy (non-hydrogen) atoms. The molecule has 0 saturated carbocycles. The first kappa shape index (κ1) is 12.1. The Labute approximate surface area is 116 Å². The second kappa shape index (κ2) is 4.64. The lowest BCUT2D eigenvalue weighted by atomic mass is 10.2. The van der Waals surface area contributed by atoms with Crippen LogP contribution in [0, 0.1) is 6.92 Å². The minimum absolute atomic E-state index is 0.0830. The van der Waals surface area contributed by atoms with Gasteiger partial charge in [-0.3, -0.25) is 4.79 Å². The van der Waals surface area contributed by atoms with Crippen LogP contribution in [0.3, 0.4) is 0 Å². The number of fused-ring (bicyclic) bond motifs is 1. The Morgan fingerprint density at radius 1 is 1.32 bits per heavy atom. The molecule has 0 unspecified atom stereocenters. The Hall–Kier alpha value is -1.92. The van der Waals surface area contributed by atoms with Gasteiger partial charge in [0.15, 0.2) is 0 Å². The number of nitrogens with zero attached hydrogens (tertiary/aromatic N) is 2. The molecule has 2 heterocycles. The second-order valence-electron chi connectivity index (χ2n) is 3.91. The first-order chi connectivity index (χ1) is 9.11. The van der Waals surface area contributed by atoms with Crippen molar-refractivity contribution in [3.8, 4) is 11.6 Å². The van der Waals surface area contributed by atoms with E-state index in [0.717, 1.165) is 27.1 Å². The second-order valence-corrected chi connectivity index (χ2v) is 5.31. The molecule has 1 aromatic carbocycles. The van der Waals surface area contributed by atoms with Crippen molar-refractivity contribution in [3.63, 3.8) is 0 Å². The van der Waals surface area contributed by atoms with E-state index >= 15 is 0 Å². The van der Waals surface area contributed by atoms with Crippen molar-refractivity contribution in [3.05, 3.63) is 44.9 Å². The number of nitrogens with one attached hydrogen (secondary N) is 1. The number of hydrogen-bond donors (Lipinski definition) is 1. The van der Waals surface area contributed by atoms with E-state index in [4.69, 9.17) is 16.3 Å². The quantitative estimate of drug-likeness (QED) is 0.737. The highest BCUT2D eigenvalue weighted by atomic mass is 35.5. The lowest BCUT2D eigenvalue weighted by molar-refractivity contribution is 0.462. The molecule has 0 bridgehead atoms. The number of aryl methyl sites for hydroxylation is 1. The summed E-state index contributed by atoms with van der Waals surface area (Å²) in [6.07, 6.45) is 1.33. The summed E-state index contributed by atoms with van der Waals surface area (Å²) in [7, 11) is 0. The Morgan fingerprint density at radius 2 is 2.16 bits per heavy atom. The lowest BCUT2D eigenvalue weighted by Gasteiger charge is -2.05. The molecular weight excluding hydrogens is 286 g/mol. The maximum absolute atomic E-state index is 11.3. The number of aromatic nitrogens is 3. The summed E-state index contributed by atoms with van der Waals surface area (Å²) >= 11 is 6.91. The van der Waals surface area contributed by atoms with Gasteiger partial charge in [-0.05, 0) is 18.6 Å². The van der Waals surface area contributed by atoms with Crippen LogP contribution in [0.5, 0.6) is 11.6 Å². The van der Waals surface area contributed by atoms with Crippen LogP contribution in [0.2, 0.25) is 5.15 Å². The average molecular weight is 294 g/mol. The van der Waals surface area contributed by atoms with Crippen LogP contribution in [0.15, 0.2) is 29.3 Å². The first-order valence-corrected chi connectivity index (χ1v) is 6.60. The number of H-pyrrole nitrogens is 1.